The first kappa shape index (κ1) is 15.5. The lowest BCUT2D eigenvalue weighted by molar-refractivity contribution is 0.304. The van der Waals surface area contributed by atoms with Gasteiger partial charge in [0.25, 0.3) is 0 Å². The normalized spacial score (nSPS) is 10.6. The lowest BCUT2D eigenvalue weighted by atomic mass is 10.2. The first-order chi connectivity index (χ1) is 8.74. The quantitative estimate of drug-likeness (QED) is 0.686. The molecule has 0 aliphatic carbocycles. The topological polar surface area (TPSA) is 21.3 Å². The second-order valence-corrected chi connectivity index (χ2v) is 5.45. The van der Waals surface area contributed by atoms with Crippen LogP contribution in [0.4, 0.5) is 0 Å². The van der Waals surface area contributed by atoms with Crippen molar-refractivity contribution in [1.29, 1.82) is 0 Å². The van der Waals surface area contributed by atoms with Crippen LogP contribution >= 0.6 is 15.9 Å². The van der Waals surface area contributed by atoms with Crippen molar-refractivity contribution in [1.82, 2.24) is 5.32 Å². The minimum absolute atomic E-state index is 0.789. The van der Waals surface area contributed by atoms with E-state index in [-0.39, 0.29) is 0 Å². The molecule has 0 aliphatic heterocycles. The first-order valence-electron chi connectivity index (χ1n) is 6.83. The van der Waals surface area contributed by atoms with E-state index in [0.29, 0.717) is 0 Å². The Morgan fingerprint density at radius 1 is 1.17 bits per heavy atom. The molecule has 0 aliphatic rings. The van der Waals surface area contributed by atoms with Gasteiger partial charge in [0.05, 0.1) is 11.1 Å². The number of ether oxygens (including phenoxy) is 1. The Labute approximate surface area is 119 Å². The zero-order valence-corrected chi connectivity index (χ0v) is 13.1. The van der Waals surface area contributed by atoms with E-state index in [1.54, 1.807) is 0 Å². The van der Waals surface area contributed by atoms with Gasteiger partial charge < -0.3 is 10.1 Å². The van der Waals surface area contributed by atoms with Gasteiger partial charge in [-0.15, -0.1) is 0 Å². The molecule has 0 radical (unpaired) electrons. The van der Waals surface area contributed by atoms with Crippen LogP contribution in [0.3, 0.4) is 0 Å². The van der Waals surface area contributed by atoms with Gasteiger partial charge in [0, 0.05) is 0 Å². The molecule has 0 unspecified atom stereocenters. The molecule has 0 spiro atoms. The van der Waals surface area contributed by atoms with Crippen LogP contribution in [-0.2, 0) is 0 Å². The molecule has 0 heterocycles. The summed E-state index contributed by atoms with van der Waals surface area (Å²) in [6.45, 7) is 7.32. The maximum Gasteiger partial charge on any atom is 0.133 e. The fraction of sp³-hybridized carbons (Fsp3) is 0.600. The first-order valence-corrected chi connectivity index (χ1v) is 7.63. The van der Waals surface area contributed by atoms with E-state index >= 15 is 0 Å². The molecule has 2 nitrogen and oxygen atoms in total. The Hall–Kier alpha value is -0.540. The van der Waals surface area contributed by atoms with Crippen molar-refractivity contribution in [2.75, 3.05) is 19.7 Å². The zero-order chi connectivity index (χ0) is 13.2. The second kappa shape index (κ2) is 9.40. The van der Waals surface area contributed by atoms with Crippen molar-refractivity contribution < 1.29 is 4.74 Å². The number of unbranched alkanes of at least 4 members (excludes halogenated alkanes) is 2. The molecule has 3 heteroatoms. The van der Waals surface area contributed by atoms with Gasteiger partial charge in [-0.1, -0.05) is 19.4 Å². The second-order valence-electron chi connectivity index (χ2n) is 4.59. The van der Waals surface area contributed by atoms with E-state index in [0.717, 1.165) is 36.3 Å². The highest BCUT2D eigenvalue weighted by molar-refractivity contribution is 9.10. The zero-order valence-electron chi connectivity index (χ0n) is 11.5. The molecule has 0 saturated carbocycles. The van der Waals surface area contributed by atoms with Crippen LogP contribution in [0.2, 0.25) is 0 Å². The smallest absolute Gasteiger partial charge is 0.133 e. The van der Waals surface area contributed by atoms with Crippen LogP contribution in [0.25, 0.3) is 0 Å². The highest BCUT2D eigenvalue weighted by Crippen LogP contribution is 2.25. The number of hydrogen-bond donors (Lipinski definition) is 1. The summed E-state index contributed by atoms with van der Waals surface area (Å²) in [5.41, 5.74) is 1.24. The molecule has 1 rings (SSSR count). The van der Waals surface area contributed by atoms with Crippen LogP contribution in [0, 0.1) is 6.92 Å². The minimum atomic E-state index is 0.789. The van der Waals surface area contributed by atoms with Crippen molar-refractivity contribution in [3.05, 3.63) is 28.2 Å². The van der Waals surface area contributed by atoms with Crippen molar-refractivity contribution in [3.8, 4) is 5.75 Å². The number of nitrogens with one attached hydrogen (secondary N) is 1. The van der Waals surface area contributed by atoms with E-state index < -0.39 is 0 Å². The van der Waals surface area contributed by atoms with Crippen LogP contribution in [0.5, 0.6) is 5.75 Å². The molecule has 1 aromatic rings. The molecule has 0 amide bonds. The molecule has 0 saturated heterocycles. The number of hydrogen-bond acceptors (Lipinski definition) is 2. The van der Waals surface area contributed by atoms with Crippen molar-refractivity contribution in [2.45, 2.75) is 39.5 Å². The summed E-state index contributed by atoms with van der Waals surface area (Å²) in [7, 11) is 0. The maximum absolute atomic E-state index is 5.74. The molecule has 1 aromatic carbocycles. The highest BCUT2D eigenvalue weighted by Gasteiger charge is 2.00. The van der Waals surface area contributed by atoms with E-state index in [1.807, 2.05) is 6.07 Å². The van der Waals surface area contributed by atoms with Crippen LogP contribution in [-0.4, -0.2) is 19.7 Å². The third-order valence-electron chi connectivity index (χ3n) is 2.80. The standard InChI is InChI=1S/C15H24BrNO/c1-3-4-9-17-10-5-6-11-18-15-8-7-13(2)12-14(15)16/h7-8,12,17H,3-6,9-11H2,1-2H3. The van der Waals surface area contributed by atoms with E-state index in [2.05, 4.69) is 47.2 Å². The molecule has 0 bridgehead atoms. The van der Waals surface area contributed by atoms with Gasteiger partial charge >= 0.3 is 0 Å². The summed E-state index contributed by atoms with van der Waals surface area (Å²) in [4.78, 5) is 0. The summed E-state index contributed by atoms with van der Waals surface area (Å²) < 4.78 is 6.79. The molecular weight excluding hydrogens is 290 g/mol. The van der Waals surface area contributed by atoms with Crippen molar-refractivity contribution in [3.63, 3.8) is 0 Å². The summed E-state index contributed by atoms with van der Waals surface area (Å²) in [6, 6.07) is 6.19. The van der Waals surface area contributed by atoms with Gasteiger partial charge in [0.1, 0.15) is 5.75 Å². The summed E-state index contributed by atoms with van der Waals surface area (Å²) >= 11 is 3.52. The lowest BCUT2D eigenvalue weighted by Gasteiger charge is -2.09. The number of aryl methyl sites for hydroxylation is 1. The summed E-state index contributed by atoms with van der Waals surface area (Å²) in [6.07, 6.45) is 4.80. The van der Waals surface area contributed by atoms with Crippen LogP contribution < -0.4 is 10.1 Å². The number of halogens is 1. The third-order valence-corrected chi connectivity index (χ3v) is 3.42. The molecule has 102 valence electrons. The van der Waals surface area contributed by atoms with Gasteiger partial charge in [-0.05, 0) is 72.9 Å². The largest absolute Gasteiger partial charge is 0.492 e. The third kappa shape index (κ3) is 6.41. The van der Waals surface area contributed by atoms with Crippen molar-refractivity contribution in [2.24, 2.45) is 0 Å². The Kier molecular flexibility index (Phi) is 8.10. The van der Waals surface area contributed by atoms with Crippen LogP contribution in [0.15, 0.2) is 22.7 Å². The maximum atomic E-state index is 5.74. The van der Waals surface area contributed by atoms with Gasteiger partial charge in [-0.3, -0.25) is 0 Å². The van der Waals surface area contributed by atoms with Gasteiger partial charge in [-0.2, -0.15) is 0 Å². The lowest BCUT2D eigenvalue weighted by Crippen LogP contribution is -2.17. The Balaban J connectivity index is 2.07. The summed E-state index contributed by atoms with van der Waals surface area (Å²) in [5.74, 6) is 0.944. The van der Waals surface area contributed by atoms with Crippen LogP contribution in [0.1, 0.15) is 38.2 Å². The Morgan fingerprint density at radius 2 is 1.94 bits per heavy atom. The number of rotatable bonds is 9. The highest BCUT2D eigenvalue weighted by atomic mass is 79.9. The molecule has 1 N–H and O–H groups in total. The summed E-state index contributed by atoms with van der Waals surface area (Å²) in [5, 5.41) is 3.44. The minimum Gasteiger partial charge on any atom is -0.492 e. The fourth-order valence-corrected chi connectivity index (χ4v) is 2.29. The van der Waals surface area contributed by atoms with Crippen molar-refractivity contribution >= 4 is 15.9 Å². The number of benzene rings is 1. The van der Waals surface area contributed by atoms with Gasteiger partial charge in [0.2, 0.25) is 0 Å². The predicted octanol–water partition coefficient (Wildman–Crippen LogP) is 4.31. The molecule has 0 fully saturated rings. The molecular formula is C15H24BrNO. The predicted molar refractivity (Wildman–Crippen MR) is 81.4 cm³/mol. The average molecular weight is 314 g/mol. The molecule has 0 atom stereocenters. The molecule has 18 heavy (non-hydrogen) atoms. The van der Waals surface area contributed by atoms with E-state index in [4.69, 9.17) is 4.74 Å². The van der Waals surface area contributed by atoms with Gasteiger partial charge in [0.15, 0.2) is 0 Å². The molecule has 0 aromatic heterocycles. The average Bonchev–Trinajstić information content (AvgIpc) is 2.35. The monoisotopic (exact) mass is 313 g/mol. The Bertz CT molecular complexity index is 341. The van der Waals surface area contributed by atoms with E-state index in [1.165, 1.54) is 24.8 Å². The SMILES string of the molecule is CCCCNCCCCOc1ccc(C)cc1Br. The Morgan fingerprint density at radius 3 is 2.67 bits per heavy atom. The fourth-order valence-electron chi connectivity index (χ4n) is 1.68. The van der Waals surface area contributed by atoms with Gasteiger partial charge in [-0.25, -0.2) is 0 Å². The van der Waals surface area contributed by atoms with E-state index in [9.17, 15) is 0 Å².